The van der Waals surface area contributed by atoms with Gasteiger partial charge >= 0.3 is 0 Å². The fourth-order valence-electron chi connectivity index (χ4n) is 2.04. The predicted molar refractivity (Wildman–Crippen MR) is 89.2 cm³/mol. The third-order valence-electron chi connectivity index (χ3n) is 3.28. The van der Waals surface area contributed by atoms with E-state index in [4.69, 9.17) is 5.26 Å². The standard InChI is InChI=1S/C17H24N2OS/c1-6-19(16(20)12-21-17(3,4)5)13(2)15-9-7-14(11-18)8-10-15/h7-10,13H,6,12H2,1-5H3. The van der Waals surface area contributed by atoms with Crippen LogP contribution in [0.5, 0.6) is 0 Å². The van der Waals surface area contributed by atoms with Crippen LogP contribution in [-0.4, -0.2) is 27.9 Å². The van der Waals surface area contributed by atoms with Gasteiger partial charge in [-0.1, -0.05) is 32.9 Å². The van der Waals surface area contributed by atoms with E-state index in [0.29, 0.717) is 17.9 Å². The number of rotatable bonds is 5. The lowest BCUT2D eigenvalue weighted by Crippen LogP contribution is -2.35. The van der Waals surface area contributed by atoms with Crippen LogP contribution >= 0.6 is 11.8 Å². The first-order valence-electron chi connectivity index (χ1n) is 7.22. The Morgan fingerprint density at radius 3 is 2.33 bits per heavy atom. The number of thioether (sulfide) groups is 1. The molecule has 1 atom stereocenters. The summed E-state index contributed by atoms with van der Waals surface area (Å²) in [6.45, 7) is 11.1. The number of nitrogens with zero attached hydrogens (tertiary/aromatic N) is 2. The molecule has 1 aromatic rings. The number of carbonyl (C=O) groups is 1. The van der Waals surface area contributed by atoms with Crippen molar-refractivity contribution in [2.45, 2.75) is 45.4 Å². The quantitative estimate of drug-likeness (QED) is 0.826. The lowest BCUT2D eigenvalue weighted by atomic mass is 10.1. The summed E-state index contributed by atoms with van der Waals surface area (Å²) in [6, 6.07) is 9.59. The molecule has 4 heteroatoms. The van der Waals surface area contributed by atoms with Gasteiger partial charge in [-0.3, -0.25) is 4.79 Å². The van der Waals surface area contributed by atoms with Gasteiger partial charge in [0.05, 0.1) is 23.4 Å². The van der Waals surface area contributed by atoms with Gasteiger partial charge in [-0.2, -0.15) is 5.26 Å². The summed E-state index contributed by atoms with van der Waals surface area (Å²) in [5.74, 6) is 0.659. The van der Waals surface area contributed by atoms with Crippen LogP contribution in [0.15, 0.2) is 24.3 Å². The Morgan fingerprint density at radius 1 is 1.33 bits per heavy atom. The Hall–Kier alpha value is -1.47. The minimum atomic E-state index is 0.0239. The first kappa shape index (κ1) is 17.6. The zero-order valence-corrected chi connectivity index (χ0v) is 14.3. The Bertz CT molecular complexity index is 511. The number of benzene rings is 1. The zero-order valence-electron chi connectivity index (χ0n) is 13.5. The maximum atomic E-state index is 12.4. The van der Waals surface area contributed by atoms with E-state index >= 15 is 0 Å². The first-order chi connectivity index (χ1) is 9.78. The third kappa shape index (κ3) is 5.43. The zero-order chi connectivity index (χ0) is 16.0. The molecule has 21 heavy (non-hydrogen) atoms. The molecule has 0 aromatic heterocycles. The van der Waals surface area contributed by atoms with E-state index in [0.717, 1.165) is 5.56 Å². The summed E-state index contributed by atoms with van der Waals surface area (Å²) >= 11 is 1.67. The van der Waals surface area contributed by atoms with Gasteiger partial charge in [-0.25, -0.2) is 0 Å². The average Bonchev–Trinajstić information content (AvgIpc) is 2.45. The van der Waals surface area contributed by atoms with E-state index in [1.54, 1.807) is 23.9 Å². The van der Waals surface area contributed by atoms with E-state index < -0.39 is 0 Å². The Balaban J connectivity index is 2.78. The van der Waals surface area contributed by atoms with Crippen molar-refractivity contribution in [3.8, 4) is 6.07 Å². The number of nitriles is 1. The van der Waals surface area contributed by atoms with Gasteiger partial charge in [0.25, 0.3) is 0 Å². The molecule has 0 saturated carbocycles. The maximum Gasteiger partial charge on any atom is 0.233 e. The molecule has 0 aliphatic carbocycles. The van der Waals surface area contributed by atoms with Crippen LogP contribution in [0.3, 0.4) is 0 Å². The van der Waals surface area contributed by atoms with Crippen LogP contribution < -0.4 is 0 Å². The summed E-state index contributed by atoms with van der Waals surface area (Å²) in [6.07, 6.45) is 0. The fraction of sp³-hybridized carbons (Fsp3) is 0.529. The van der Waals surface area contributed by atoms with E-state index in [9.17, 15) is 4.79 Å². The van der Waals surface area contributed by atoms with Crippen LogP contribution in [0.25, 0.3) is 0 Å². The molecule has 0 radical (unpaired) electrons. The minimum absolute atomic E-state index is 0.0239. The van der Waals surface area contributed by atoms with Gasteiger partial charge in [-0.05, 0) is 31.5 Å². The second-order valence-electron chi connectivity index (χ2n) is 5.99. The van der Waals surface area contributed by atoms with Crippen molar-refractivity contribution in [2.75, 3.05) is 12.3 Å². The van der Waals surface area contributed by atoms with Crippen LogP contribution in [0.1, 0.15) is 51.8 Å². The molecule has 114 valence electrons. The van der Waals surface area contributed by atoms with Crippen molar-refractivity contribution in [3.05, 3.63) is 35.4 Å². The number of amides is 1. The monoisotopic (exact) mass is 304 g/mol. The summed E-state index contributed by atoms with van der Waals surface area (Å²) in [5.41, 5.74) is 1.70. The highest BCUT2D eigenvalue weighted by Gasteiger charge is 2.22. The van der Waals surface area contributed by atoms with Gasteiger partial charge < -0.3 is 4.90 Å². The molecule has 3 nitrogen and oxygen atoms in total. The van der Waals surface area contributed by atoms with Crippen LogP contribution in [-0.2, 0) is 4.79 Å². The van der Waals surface area contributed by atoms with Crippen molar-refractivity contribution in [2.24, 2.45) is 0 Å². The number of hydrogen-bond acceptors (Lipinski definition) is 3. The highest BCUT2D eigenvalue weighted by atomic mass is 32.2. The molecular weight excluding hydrogens is 280 g/mol. The van der Waals surface area contributed by atoms with Crippen LogP contribution in [0, 0.1) is 11.3 Å². The molecule has 0 bridgehead atoms. The Kier molecular flexibility index (Phi) is 6.29. The highest BCUT2D eigenvalue weighted by molar-refractivity contribution is 8.01. The molecule has 1 rings (SSSR count). The van der Waals surface area contributed by atoms with E-state index in [1.807, 2.05) is 30.9 Å². The van der Waals surface area contributed by atoms with Gasteiger partial charge in [0.2, 0.25) is 5.91 Å². The topological polar surface area (TPSA) is 44.1 Å². The van der Waals surface area contributed by atoms with Crippen molar-refractivity contribution in [1.82, 2.24) is 4.90 Å². The predicted octanol–water partition coefficient (Wildman–Crippen LogP) is 4.00. The SMILES string of the molecule is CCN(C(=O)CSC(C)(C)C)C(C)c1ccc(C#N)cc1. The maximum absolute atomic E-state index is 12.4. The molecule has 0 aliphatic heterocycles. The summed E-state index contributed by atoms with van der Waals surface area (Å²) < 4.78 is 0.0900. The van der Waals surface area contributed by atoms with Crippen molar-refractivity contribution >= 4 is 17.7 Å². The molecule has 0 fully saturated rings. The third-order valence-corrected chi connectivity index (χ3v) is 4.54. The van der Waals surface area contributed by atoms with Gasteiger partial charge in [0.15, 0.2) is 0 Å². The average molecular weight is 304 g/mol. The van der Waals surface area contributed by atoms with Gasteiger partial charge in [0, 0.05) is 11.3 Å². The van der Waals surface area contributed by atoms with E-state index in [-0.39, 0.29) is 16.7 Å². The van der Waals surface area contributed by atoms with Crippen molar-refractivity contribution in [1.29, 1.82) is 5.26 Å². The van der Waals surface area contributed by atoms with Crippen LogP contribution in [0.2, 0.25) is 0 Å². The smallest absolute Gasteiger partial charge is 0.233 e. The summed E-state index contributed by atoms with van der Waals surface area (Å²) in [7, 11) is 0. The van der Waals surface area contributed by atoms with Crippen molar-refractivity contribution in [3.63, 3.8) is 0 Å². The minimum Gasteiger partial charge on any atom is -0.336 e. The van der Waals surface area contributed by atoms with Crippen LogP contribution in [0.4, 0.5) is 0 Å². The molecule has 0 N–H and O–H groups in total. The van der Waals surface area contributed by atoms with Crippen molar-refractivity contribution < 1.29 is 4.79 Å². The molecule has 0 heterocycles. The molecule has 0 saturated heterocycles. The lowest BCUT2D eigenvalue weighted by molar-refractivity contribution is -0.130. The number of carbonyl (C=O) groups excluding carboxylic acids is 1. The molecule has 1 aromatic carbocycles. The molecule has 0 aliphatic rings. The first-order valence-corrected chi connectivity index (χ1v) is 8.20. The molecule has 0 spiro atoms. The lowest BCUT2D eigenvalue weighted by Gasteiger charge is -2.29. The molecule has 1 amide bonds. The Labute approximate surface area is 132 Å². The van der Waals surface area contributed by atoms with E-state index in [2.05, 4.69) is 26.8 Å². The fourth-order valence-corrected chi connectivity index (χ4v) is 2.77. The van der Waals surface area contributed by atoms with Gasteiger partial charge in [-0.15, -0.1) is 11.8 Å². The Morgan fingerprint density at radius 2 is 1.90 bits per heavy atom. The van der Waals surface area contributed by atoms with Gasteiger partial charge in [0.1, 0.15) is 0 Å². The molecular formula is C17H24N2OS. The summed E-state index contributed by atoms with van der Waals surface area (Å²) in [5, 5.41) is 8.84. The number of hydrogen-bond donors (Lipinski definition) is 0. The largest absolute Gasteiger partial charge is 0.336 e. The second-order valence-corrected chi connectivity index (χ2v) is 7.79. The molecule has 1 unspecified atom stereocenters. The summed E-state index contributed by atoms with van der Waals surface area (Å²) in [4.78, 5) is 14.3. The normalized spacial score (nSPS) is 12.6. The second kappa shape index (κ2) is 7.51. The van der Waals surface area contributed by atoms with E-state index in [1.165, 1.54) is 0 Å². The highest BCUT2D eigenvalue weighted by Crippen LogP contribution is 2.26.